The van der Waals surface area contributed by atoms with Gasteiger partial charge in [0.15, 0.2) is 5.16 Å². The SMILES string of the molecule is CC(C)[C@@H](NC(=O)OC(C)(C)C)C(=O)N1CCC[C@H](Sc2ncc(B3OC(C)(C)C(C)(C)O3)cn2)C1. The lowest BCUT2D eigenvalue weighted by atomic mass is 9.81. The molecule has 0 aliphatic carbocycles. The van der Waals surface area contributed by atoms with Crippen molar-refractivity contribution in [3.05, 3.63) is 12.4 Å². The number of amides is 2. The van der Waals surface area contributed by atoms with E-state index < -0.39 is 36.1 Å². The number of likely N-dealkylation sites (tertiary alicyclic amines) is 1. The monoisotopic (exact) mass is 520 g/mol. The first kappa shape index (κ1) is 28.7. The van der Waals surface area contributed by atoms with Crippen molar-refractivity contribution in [3.63, 3.8) is 0 Å². The number of nitrogens with zero attached hydrogens (tertiary/aromatic N) is 3. The average molecular weight is 521 g/mol. The van der Waals surface area contributed by atoms with E-state index in [0.29, 0.717) is 18.2 Å². The molecule has 0 aromatic carbocycles. The third-order valence-electron chi connectivity index (χ3n) is 6.74. The highest BCUT2D eigenvalue weighted by molar-refractivity contribution is 7.99. The molecule has 0 radical (unpaired) electrons. The lowest BCUT2D eigenvalue weighted by molar-refractivity contribution is -0.135. The Balaban J connectivity index is 1.59. The molecular weight excluding hydrogens is 479 g/mol. The molecule has 1 aromatic rings. The number of carbonyl (C=O) groups is 2. The molecule has 0 unspecified atom stereocenters. The topological polar surface area (TPSA) is 103 Å². The molecule has 2 atom stereocenters. The van der Waals surface area contributed by atoms with E-state index in [1.807, 2.05) is 46.4 Å². The summed E-state index contributed by atoms with van der Waals surface area (Å²) in [5.74, 6) is -0.151. The summed E-state index contributed by atoms with van der Waals surface area (Å²) in [5, 5.41) is 3.59. The van der Waals surface area contributed by atoms with Gasteiger partial charge in [-0.15, -0.1) is 0 Å². The summed E-state index contributed by atoms with van der Waals surface area (Å²) in [6.07, 6.45) is 4.77. The van der Waals surface area contributed by atoms with Crippen LogP contribution < -0.4 is 10.8 Å². The number of carbonyl (C=O) groups excluding carboxylic acids is 2. The molecule has 11 heteroatoms. The Morgan fingerprint density at radius 1 is 1.17 bits per heavy atom. The van der Waals surface area contributed by atoms with Crippen LogP contribution in [0.5, 0.6) is 0 Å². The van der Waals surface area contributed by atoms with Gasteiger partial charge in [0.1, 0.15) is 11.6 Å². The Bertz CT molecular complexity index is 919. The number of alkyl carbamates (subject to hydrolysis) is 1. The van der Waals surface area contributed by atoms with Crippen molar-refractivity contribution >= 4 is 36.3 Å². The molecule has 9 nitrogen and oxygen atoms in total. The Labute approximate surface area is 220 Å². The van der Waals surface area contributed by atoms with Crippen LogP contribution in [-0.2, 0) is 18.8 Å². The average Bonchev–Trinajstić information content (AvgIpc) is 2.98. The molecule has 2 aliphatic rings. The molecule has 1 aromatic heterocycles. The molecule has 0 spiro atoms. The minimum atomic E-state index is -0.640. The molecule has 200 valence electrons. The maximum Gasteiger partial charge on any atom is 0.498 e. The number of ether oxygens (including phenoxy) is 1. The minimum absolute atomic E-state index is 0.0658. The molecule has 3 heterocycles. The van der Waals surface area contributed by atoms with Gasteiger partial charge in [-0.3, -0.25) is 4.79 Å². The van der Waals surface area contributed by atoms with Gasteiger partial charge in [-0.05, 0) is 67.2 Å². The molecular formula is C25H41BN4O5S. The van der Waals surface area contributed by atoms with Crippen molar-refractivity contribution in [1.29, 1.82) is 0 Å². The molecule has 0 bridgehead atoms. The van der Waals surface area contributed by atoms with Gasteiger partial charge in [0, 0.05) is 36.2 Å². The summed E-state index contributed by atoms with van der Waals surface area (Å²) in [5.41, 5.74) is -0.684. The van der Waals surface area contributed by atoms with E-state index in [1.165, 1.54) is 0 Å². The van der Waals surface area contributed by atoms with Crippen LogP contribution in [0, 0.1) is 5.92 Å². The van der Waals surface area contributed by atoms with E-state index in [2.05, 4.69) is 15.3 Å². The number of aromatic nitrogens is 2. The third-order valence-corrected chi connectivity index (χ3v) is 7.88. The maximum absolute atomic E-state index is 13.3. The van der Waals surface area contributed by atoms with Gasteiger partial charge in [0.05, 0.1) is 11.2 Å². The van der Waals surface area contributed by atoms with Crippen molar-refractivity contribution in [2.24, 2.45) is 5.92 Å². The quantitative estimate of drug-likeness (QED) is 0.450. The number of piperidine rings is 1. The van der Waals surface area contributed by atoms with Gasteiger partial charge >= 0.3 is 13.2 Å². The summed E-state index contributed by atoms with van der Waals surface area (Å²) < 4.78 is 17.5. The molecule has 3 rings (SSSR count). The van der Waals surface area contributed by atoms with Crippen molar-refractivity contribution < 1.29 is 23.6 Å². The van der Waals surface area contributed by atoms with E-state index in [0.717, 1.165) is 18.3 Å². The van der Waals surface area contributed by atoms with E-state index in [-0.39, 0.29) is 17.1 Å². The fourth-order valence-corrected chi connectivity index (χ4v) is 5.08. The number of rotatable bonds is 6. The van der Waals surface area contributed by atoms with Gasteiger partial charge in [-0.2, -0.15) is 0 Å². The van der Waals surface area contributed by atoms with Crippen molar-refractivity contribution in [3.8, 4) is 0 Å². The maximum atomic E-state index is 13.3. The lowest BCUT2D eigenvalue weighted by Crippen LogP contribution is -2.54. The first-order chi connectivity index (χ1) is 16.6. The van der Waals surface area contributed by atoms with Crippen molar-refractivity contribution in [2.45, 2.75) is 108 Å². The van der Waals surface area contributed by atoms with Gasteiger partial charge in [-0.25, -0.2) is 14.8 Å². The van der Waals surface area contributed by atoms with Crippen LogP contribution in [0.15, 0.2) is 17.6 Å². The molecule has 1 N–H and O–H groups in total. The number of thioether (sulfide) groups is 1. The highest BCUT2D eigenvalue weighted by atomic mass is 32.2. The van der Waals surface area contributed by atoms with E-state index in [9.17, 15) is 9.59 Å². The number of hydrogen-bond donors (Lipinski definition) is 1. The first-order valence-corrected chi connectivity index (χ1v) is 13.6. The Morgan fingerprint density at radius 3 is 2.28 bits per heavy atom. The molecule has 2 fully saturated rings. The fraction of sp³-hybridized carbons (Fsp3) is 0.760. The highest BCUT2D eigenvalue weighted by Gasteiger charge is 2.52. The fourth-order valence-electron chi connectivity index (χ4n) is 4.02. The molecule has 2 saturated heterocycles. The second kappa shape index (κ2) is 10.9. The van der Waals surface area contributed by atoms with E-state index in [4.69, 9.17) is 14.0 Å². The van der Waals surface area contributed by atoms with Crippen molar-refractivity contribution in [2.75, 3.05) is 13.1 Å². The Morgan fingerprint density at radius 2 is 1.75 bits per heavy atom. The zero-order valence-corrected chi connectivity index (χ0v) is 23.9. The second-order valence-corrected chi connectivity index (χ2v) is 13.2. The van der Waals surface area contributed by atoms with Crippen LogP contribution in [0.1, 0.15) is 75.2 Å². The van der Waals surface area contributed by atoms with Gasteiger partial charge in [0.2, 0.25) is 5.91 Å². The highest BCUT2D eigenvalue weighted by Crippen LogP contribution is 2.36. The van der Waals surface area contributed by atoms with Gasteiger partial charge < -0.3 is 24.3 Å². The third kappa shape index (κ3) is 7.13. The van der Waals surface area contributed by atoms with Crippen LogP contribution in [0.2, 0.25) is 0 Å². The van der Waals surface area contributed by atoms with Gasteiger partial charge in [0.25, 0.3) is 0 Å². The first-order valence-electron chi connectivity index (χ1n) is 12.7. The minimum Gasteiger partial charge on any atom is -0.444 e. The van der Waals surface area contributed by atoms with Crippen molar-refractivity contribution in [1.82, 2.24) is 20.2 Å². The van der Waals surface area contributed by atoms with Crippen LogP contribution in [0.25, 0.3) is 0 Å². The number of hydrogen-bond acceptors (Lipinski definition) is 8. The molecule has 2 amide bonds. The summed E-state index contributed by atoms with van der Waals surface area (Å²) >= 11 is 1.57. The van der Waals surface area contributed by atoms with Gasteiger partial charge in [-0.1, -0.05) is 25.6 Å². The molecule has 0 saturated carbocycles. The zero-order valence-electron chi connectivity index (χ0n) is 23.1. The standard InChI is InChI=1S/C25H41BN4O5S/c1-16(2)19(29-22(32)33-23(3,4)5)20(31)30-12-10-11-18(15-30)36-21-27-13-17(14-28-21)26-34-24(6,7)25(8,9)35-26/h13-14,16,18-19H,10-12,15H2,1-9H3,(H,29,32)/t18-,19+/m0/s1. The molecule has 36 heavy (non-hydrogen) atoms. The normalized spacial score (nSPS) is 22.4. The lowest BCUT2D eigenvalue weighted by Gasteiger charge is -2.35. The summed E-state index contributed by atoms with van der Waals surface area (Å²) in [7, 11) is -0.498. The smallest absolute Gasteiger partial charge is 0.444 e. The second-order valence-electron chi connectivity index (χ2n) is 11.9. The van der Waals surface area contributed by atoms with Crippen LogP contribution >= 0.6 is 11.8 Å². The Hall–Kier alpha value is -1.85. The number of nitrogens with one attached hydrogen (secondary N) is 1. The van der Waals surface area contributed by atoms with Crippen LogP contribution in [0.4, 0.5) is 4.79 Å². The largest absolute Gasteiger partial charge is 0.498 e. The van der Waals surface area contributed by atoms with Crippen LogP contribution in [-0.4, -0.2) is 75.2 Å². The summed E-state index contributed by atoms with van der Waals surface area (Å²) in [6, 6.07) is -0.640. The summed E-state index contributed by atoms with van der Waals surface area (Å²) in [6.45, 7) is 18.5. The van der Waals surface area contributed by atoms with E-state index in [1.54, 1.807) is 44.9 Å². The zero-order chi connectivity index (χ0) is 26.9. The van der Waals surface area contributed by atoms with E-state index >= 15 is 0 Å². The molecule has 2 aliphatic heterocycles. The predicted octanol–water partition coefficient (Wildman–Crippen LogP) is 3.41. The Kier molecular flexibility index (Phi) is 8.67. The van der Waals surface area contributed by atoms with Crippen LogP contribution in [0.3, 0.4) is 0 Å². The predicted molar refractivity (Wildman–Crippen MR) is 141 cm³/mol. The summed E-state index contributed by atoms with van der Waals surface area (Å²) in [4.78, 5) is 36.5.